The average molecular weight is 559 g/mol. The Balaban J connectivity index is 3.79. The van der Waals surface area contributed by atoms with Gasteiger partial charge in [0.25, 0.3) is 0 Å². The maximum absolute atomic E-state index is 11.0. The summed E-state index contributed by atoms with van der Waals surface area (Å²) in [6.45, 7) is 4.59. The van der Waals surface area contributed by atoms with Gasteiger partial charge in [0.05, 0.1) is 6.61 Å². The topological polar surface area (TPSA) is 63.6 Å². The molecule has 0 aliphatic rings. The lowest BCUT2D eigenvalue weighted by atomic mass is 9.99. The molecule has 38 heavy (non-hydrogen) atoms. The normalized spacial score (nSPS) is 13.0. The van der Waals surface area contributed by atoms with E-state index in [4.69, 9.17) is 8.74 Å². The van der Waals surface area contributed by atoms with Crippen LogP contribution in [0.3, 0.4) is 0 Å². The van der Waals surface area contributed by atoms with Crippen molar-refractivity contribution in [3.05, 3.63) is 12.2 Å². The fourth-order valence-corrected chi connectivity index (χ4v) is 5.57. The van der Waals surface area contributed by atoms with Gasteiger partial charge in [0.15, 0.2) is 0 Å². The molecule has 0 rings (SSSR count). The summed E-state index contributed by atoms with van der Waals surface area (Å²) in [5.74, 6) is 0.0574. The second kappa shape index (κ2) is 29.6. The highest BCUT2D eigenvalue weighted by Crippen LogP contribution is 2.18. The van der Waals surface area contributed by atoms with E-state index < -0.39 is 10.4 Å². The van der Waals surface area contributed by atoms with Crippen molar-refractivity contribution in [2.45, 2.75) is 187 Å². The van der Waals surface area contributed by atoms with E-state index in [1.54, 1.807) is 0 Å². The Hall–Kier alpha value is -0.390. The van der Waals surface area contributed by atoms with Crippen LogP contribution in [0.25, 0.3) is 0 Å². The monoisotopic (exact) mass is 558 g/mol. The van der Waals surface area contributed by atoms with Crippen LogP contribution in [0.4, 0.5) is 0 Å². The highest BCUT2D eigenvalue weighted by Gasteiger charge is 2.11. The molecule has 5 heteroatoms. The van der Waals surface area contributed by atoms with Crippen LogP contribution < -0.4 is 0 Å². The van der Waals surface area contributed by atoms with E-state index in [9.17, 15) is 8.42 Å². The Kier molecular flexibility index (Phi) is 29.3. The van der Waals surface area contributed by atoms with Gasteiger partial charge in [-0.25, -0.2) is 4.18 Å². The first-order valence-corrected chi connectivity index (χ1v) is 18.1. The van der Waals surface area contributed by atoms with Crippen molar-refractivity contribution in [2.75, 3.05) is 6.61 Å². The Bertz CT molecular complexity index is 588. The summed E-state index contributed by atoms with van der Waals surface area (Å²) in [6, 6.07) is 0. The predicted octanol–water partition coefficient (Wildman–Crippen LogP) is 11.6. The molecule has 0 saturated heterocycles. The zero-order valence-corrected chi connectivity index (χ0v) is 26.4. The molecule has 0 saturated carbocycles. The highest BCUT2D eigenvalue weighted by atomic mass is 32.3. The van der Waals surface area contributed by atoms with E-state index in [2.05, 4.69) is 26.0 Å². The standard InChI is InChI=1S/C33H66O4S/c1-3-5-7-9-11-13-15-17-19-21-23-25-27-29-31-33(32-37-38(34,35)36)30-28-26-24-22-20-18-16-14-12-10-8-6-4-2/h29,31,33H,3-28,30,32H2,1-2H3,(H,34,35,36)/b31-29+. The number of unbranched alkanes of at least 4 members (excludes halogenated alkanes) is 24. The molecule has 0 aromatic carbocycles. The third-order valence-electron chi connectivity index (χ3n) is 7.74. The molecule has 1 unspecified atom stereocenters. The molecule has 0 radical (unpaired) electrons. The lowest BCUT2D eigenvalue weighted by Crippen LogP contribution is -2.12. The van der Waals surface area contributed by atoms with Crippen LogP contribution in [-0.2, 0) is 14.6 Å². The van der Waals surface area contributed by atoms with Gasteiger partial charge in [-0.1, -0.05) is 180 Å². The second-order valence-electron chi connectivity index (χ2n) is 11.6. The van der Waals surface area contributed by atoms with Gasteiger partial charge in [0.1, 0.15) is 0 Å². The van der Waals surface area contributed by atoms with Crippen molar-refractivity contribution >= 4 is 10.4 Å². The Morgan fingerprint density at radius 3 is 1.26 bits per heavy atom. The van der Waals surface area contributed by atoms with Gasteiger partial charge in [0, 0.05) is 5.92 Å². The van der Waals surface area contributed by atoms with Crippen molar-refractivity contribution < 1.29 is 17.2 Å². The zero-order valence-electron chi connectivity index (χ0n) is 25.6. The fraction of sp³-hybridized carbons (Fsp3) is 0.939. The molecule has 0 amide bonds. The molecule has 0 heterocycles. The lowest BCUT2D eigenvalue weighted by molar-refractivity contribution is 0.234. The summed E-state index contributed by atoms with van der Waals surface area (Å²) in [5, 5.41) is 0. The van der Waals surface area contributed by atoms with Crippen LogP contribution in [0.1, 0.15) is 187 Å². The first-order chi connectivity index (χ1) is 18.5. The van der Waals surface area contributed by atoms with Gasteiger partial charge in [-0.2, -0.15) is 8.42 Å². The van der Waals surface area contributed by atoms with Crippen molar-refractivity contribution in [3.63, 3.8) is 0 Å². The minimum atomic E-state index is -4.37. The summed E-state index contributed by atoms with van der Waals surface area (Å²) in [4.78, 5) is 0. The molecular formula is C33H66O4S. The van der Waals surface area contributed by atoms with Crippen LogP contribution in [-0.4, -0.2) is 19.6 Å². The molecule has 0 bridgehead atoms. The minimum Gasteiger partial charge on any atom is -0.264 e. The maximum atomic E-state index is 11.0. The lowest BCUT2D eigenvalue weighted by Gasteiger charge is -2.12. The van der Waals surface area contributed by atoms with Crippen molar-refractivity contribution in [1.82, 2.24) is 0 Å². The summed E-state index contributed by atoms with van der Waals surface area (Å²) in [6.07, 6.45) is 39.7. The van der Waals surface area contributed by atoms with E-state index in [1.165, 1.54) is 154 Å². The number of hydrogen-bond donors (Lipinski definition) is 1. The van der Waals surface area contributed by atoms with Crippen molar-refractivity contribution in [2.24, 2.45) is 5.92 Å². The Morgan fingerprint density at radius 2 is 0.895 bits per heavy atom. The molecular weight excluding hydrogens is 492 g/mol. The molecule has 228 valence electrons. The predicted molar refractivity (Wildman–Crippen MR) is 166 cm³/mol. The third kappa shape index (κ3) is 31.8. The van der Waals surface area contributed by atoms with E-state index in [0.717, 1.165) is 19.3 Å². The molecule has 0 spiro atoms. The van der Waals surface area contributed by atoms with Crippen LogP contribution in [0.2, 0.25) is 0 Å². The zero-order chi connectivity index (χ0) is 28.0. The molecule has 0 fully saturated rings. The van der Waals surface area contributed by atoms with Crippen LogP contribution in [0.15, 0.2) is 12.2 Å². The van der Waals surface area contributed by atoms with Crippen LogP contribution in [0.5, 0.6) is 0 Å². The second-order valence-corrected chi connectivity index (χ2v) is 12.7. The molecule has 1 atom stereocenters. The minimum absolute atomic E-state index is 0.0477. The van der Waals surface area contributed by atoms with Crippen molar-refractivity contribution in [1.29, 1.82) is 0 Å². The van der Waals surface area contributed by atoms with Gasteiger partial charge in [-0.3, -0.25) is 4.55 Å². The molecule has 1 N–H and O–H groups in total. The summed E-state index contributed by atoms with van der Waals surface area (Å²) in [5.41, 5.74) is 0. The van der Waals surface area contributed by atoms with E-state index >= 15 is 0 Å². The molecule has 0 aliphatic carbocycles. The van der Waals surface area contributed by atoms with Crippen LogP contribution in [0, 0.1) is 5.92 Å². The number of allylic oxidation sites excluding steroid dienone is 1. The molecule has 0 aliphatic heterocycles. The van der Waals surface area contributed by atoms with E-state index in [0.29, 0.717) is 0 Å². The molecule has 0 aromatic heterocycles. The van der Waals surface area contributed by atoms with Gasteiger partial charge in [0.2, 0.25) is 0 Å². The smallest absolute Gasteiger partial charge is 0.264 e. The summed E-state index contributed by atoms with van der Waals surface area (Å²) < 4.78 is 35.7. The van der Waals surface area contributed by atoms with E-state index in [-0.39, 0.29) is 12.5 Å². The first-order valence-electron chi connectivity index (χ1n) is 16.8. The Morgan fingerprint density at radius 1 is 0.553 bits per heavy atom. The summed E-state index contributed by atoms with van der Waals surface area (Å²) >= 11 is 0. The first kappa shape index (κ1) is 37.6. The molecule has 4 nitrogen and oxygen atoms in total. The van der Waals surface area contributed by atoms with Gasteiger partial charge < -0.3 is 0 Å². The van der Waals surface area contributed by atoms with Gasteiger partial charge in [-0.15, -0.1) is 0 Å². The van der Waals surface area contributed by atoms with E-state index in [1.807, 2.05) is 0 Å². The molecule has 0 aromatic rings. The summed E-state index contributed by atoms with van der Waals surface area (Å²) in [7, 11) is -4.37. The largest absolute Gasteiger partial charge is 0.397 e. The average Bonchev–Trinajstić information content (AvgIpc) is 2.89. The maximum Gasteiger partial charge on any atom is 0.397 e. The Labute approximate surface area is 239 Å². The van der Waals surface area contributed by atoms with Crippen molar-refractivity contribution in [3.8, 4) is 0 Å². The van der Waals surface area contributed by atoms with Crippen LogP contribution >= 0.6 is 0 Å². The number of hydrogen-bond acceptors (Lipinski definition) is 3. The van der Waals surface area contributed by atoms with Gasteiger partial charge >= 0.3 is 10.4 Å². The quantitative estimate of drug-likeness (QED) is 0.0522. The fourth-order valence-electron chi connectivity index (χ4n) is 5.22. The highest BCUT2D eigenvalue weighted by molar-refractivity contribution is 7.80. The van der Waals surface area contributed by atoms with Gasteiger partial charge in [-0.05, 0) is 19.3 Å². The number of rotatable bonds is 31. The third-order valence-corrected chi connectivity index (χ3v) is 8.18. The SMILES string of the molecule is CCCCCCCCCCCCCC/C=C/C(CCCCCCCCCCCCCCC)COS(=O)(=O)O.